The molecule has 4 rings (SSSR count). The third-order valence-electron chi connectivity index (χ3n) is 5.14. The van der Waals surface area contributed by atoms with Crippen molar-refractivity contribution in [1.82, 2.24) is 14.8 Å². The van der Waals surface area contributed by atoms with Crippen molar-refractivity contribution in [2.24, 2.45) is 5.92 Å². The average Bonchev–Trinajstić information content (AvgIpc) is 3.32. The fraction of sp³-hybridized carbons (Fsp3) is 0.364. The van der Waals surface area contributed by atoms with Gasteiger partial charge in [0.15, 0.2) is 5.65 Å². The van der Waals surface area contributed by atoms with Gasteiger partial charge in [0.1, 0.15) is 5.75 Å². The third kappa shape index (κ3) is 3.72. The molecule has 1 aromatic carbocycles. The van der Waals surface area contributed by atoms with Crippen LogP contribution in [-0.2, 0) is 9.59 Å². The average molecular weight is 407 g/mol. The van der Waals surface area contributed by atoms with Crippen molar-refractivity contribution in [3.63, 3.8) is 0 Å². The number of amides is 2. The first kappa shape index (κ1) is 19.9. The Labute approximate surface area is 174 Å². The summed E-state index contributed by atoms with van der Waals surface area (Å²) in [5, 5.41) is 8.10. The number of carbonyl (C=O) groups is 2. The molecule has 1 N–H and O–H groups in total. The number of ether oxygens (including phenoxy) is 1. The topological polar surface area (TPSA) is 89.3 Å². The molecular formula is C22H25N5O3. The zero-order valence-electron chi connectivity index (χ0n) is 17.3. The van der Waals surface area contributed by atoms with Crippen LogP contribution < -0.4 is 15.0 Å². The maximum absolute atomic E-state index is 12.8. The summed E-state index contributed by atoms with van der Waals surface area (Å²) >= 11 is 0. The highest BCUT2D eigenvalue weighted by Crippen LogP contribution is 2.33. The molecule has 0 aliphatic carbocycles. The number of carbonyl (C=O) groups excluding carboxylic acids is 2. The standard InChI is InChI=1S/C22H25N5O3/c1-4-30-19-8-6-5-7-18(19)26-13-16(10-20(26)28)22(29)25-17-9-15-11-24-27(14(2)3)21(15)23-12-17/h5-9,11-12,14,16H,4,10,13H2,1-3H3,(H,25,29). The highest BCUT2D eigenvalue weighted by molar-refractivity contribution is 6.04. The van der Waals surface area contributed by atoms with Crippen molar-refractivity contribution in [2.45, 2.75) is 33.2 Å². The van der Waals surface area contributed by atoms with E-state index in [-0.39, 0.29) is 24.3 Å². The largest absolute Gasteiger partial charge is 0.492 e. The van der Waals surface area contributed by atoms with Crippen LogP contribution in [0.3, 0.4) is 0 Å². The quantitative estimate of drug-likeness (QED) is 0.676. The molecule has 3 heterocycles. The molecule has 2 aromatic heterocycles. The molecule has 3 aromatic rings. The Balaban J connectivity index is 1.48. The molecule has 8 heteroatoms. The number of anilines is 2. The van der Waals surface area contributed by atoms with Crippen LogP contribution in [0.1, 0.15) is 33.2 Å². The molecule has 2 amide bonds. The molecule has 1 aliphatic rings. The second-order valence-electron chi connectivity index (χ2n) is 7.62. The maximum atomic E-state index is 12.8. The SMILES string of the molecule is CCOc1ccccc1N1CC(C(=O)Nc2cnc3c(cnn3C(C)C)c2)CC1=O. The molecule has 1 unspecified atom stereocenters. The van der Waals surface area contributed by atoms with Gasteiger partial charge in [-0.15, -0.1) is 0 Å². The summed E-state index contributed by atoms with van der Waals surface area (Å²) in [6.45, 7) is 6.79. The second kappa shape index (κ2) is 8.14. The molecule has 156 valence electrons. The van der Waals surface area contributed by atoms with Gasteiger partial charge in [0.05, 0.1) is 36.3 Å². The van der Waals surface area contributed by atoms with Gasteiger partial charge in [0.25, 0.3) is 0 Å². The Bertz CT molecular complexity index is 1090. The predicted octanol–water partition coefficient (Wildman–Crippen LogP) is 3.40. The molecule has 1 atom stereocenters. The van der Waals surface area contributed by atoms with Gasteiger partial charge in [-0.3, -0.25) is 9.59 Å². The van der Waals surface area contributed by atoms with E-state index in [1.54, 1.807) is 17.3 Å². The number of hydrogen-bond donors (Lipinski definition) is 1. The van der Waals surface area contributed by atoms with Crippen molar-refractivity contribution < 1.29 is 14.3 Å². The molecule has 0 bridgehead atoms. The number of aromatic nitrogens is 3. The zero-order chi connectivity index (χ0) is 21.3. The minimum atomic E-state index is -0.443. The normalized spacial score (nSPS) is 16.5. The van der Waals surface area contributed by atoms with Gasteiger partial charge in [-0.1, -0.05) is 12.1 Å². The summed E-state index contributed by atoms with van der Waals surface area (Å²) < 4.78 is 7.48. The van der Waals surface area contributed by atoms with Crippen molar-refractivity contribution in [3.8, 4) is 5.75 Å². The van der Waals surface area contributed by atoms with Gasteiger partial charge in [-0.05, 0) is 39.0 Å². The molecule has 1 saturated heterocycles. The van der Waals surface area contributed by atoms with E-state index in [0.717, 1.165) is 11.0 Å². The Hall–Kier alpha value is -3.42. The van der Waals surface area contributed by atoms with E-state index >= 15 is 0 Å². The number of nitrogens with one attached hydrogen (secondary N) is 1. The number of para-hydroxylation sites is 2. The summed E-state index contributed by atoms with van der Waals surface area (Å²) in [4.78, 5) is 31.5. The minimum absolute atomic E-state index is 0.0888. The van der Waals surface area contributed by atoms with Crippen molar-refractivity contribution in [1.29, 1.82) is 0 Å². The van der Waals surface area contributed by atoms with Gasteiger partial charge < -0.3 is 15.0 Å². The smallest absolute Gasteiger partial charge is 0.229 e. The number of rotatable bonds is 6. The van der Waals surface area contributed by atoms with E-state index < -0.39 is 5.92 Å². The van der Waals surface area contributed by atoms with Gasteiger partial charge in [-0.25, -0.2) is 9.67 Å². The van der Waals surface area contributed by atoms with Crippen LogP contribution in [-0.4, -0.2) is 39.7 Å². The second-order valence-corrected chi connectivity index (χ2v) is 7.62. The summed E-state index contributed by atoms with van der Waals surface area (Å²) in [5.74, 6) is -0.0845. The Morgan fingerprint density at radius 3 is 2.87 bits per heavy atom. The lowest BCUT2D eigenvalue weighted by Gasteiger charge is -2.20. The monoisotopic (exact) mass is 407 g/mol. The Kier molecular flexibility index (Phi) is 5.39. The molecule has 1 fully saturated rings. The molecule has 0 radical (unpaired) electrons. The maximum Gasteiger partial charge on any atom is 0.229 e. The van der Waals surface area contributed by atoms with Gasteiger partial charge >= 0.3 is 0 Å². The first-order chi connectivity index (χ1) is 14.5. The van der Waals surface area contributed by atoms with E-state index in [0.29, 0.717) is 30.3 Å². The fourth-order valence-corrected chi connectivity index (χ4v) is 3.70. The summed E-state index contributed by atoms with van der Waals surface area (Å²) in [5.41, 5.74) is 2.07. The number of benzene rings is 1. The van der Waals surface area contributed by atoms with Crippen LogP contribution in [0.25, 0.3) is 11.0 Å². The lowest BCUT2D eigenvalue weighted by molar-refractivity contribution is -0.122. The van der Waals surface area contributed by atoms with Gasteiger partial charge in [-0.2, -0.15) is 5.10 Å². The van der Waals surface area contributed by atoms with E-state index in [2.05, 4.69) is 15.4 Å². The van der Waals surface area contributed by atoms with Crippen LogP contribution in [0, 0.1) is 5.92 Å². The van der Waals surface area contributed by atoms with Crippen LogP contribution >= 0.6 is 0 Å². The van der Waals surface area contributed by atoms with Crippen molar-refractivity contribution >= 4 is 34.2 Å². The van der Waals surface area contributed by atoms with Crippen LogP contribution in [0.2, 0.25) is 0 Å². The number of hydrogen-bond acceptors (Lipinski definition) is 5. The van der Waals surface area contributed by atoms with Gasteiger partial charge in [0.2, 0.25) is 11.8 Å². The van der Waals surface area contributed by atoms with E-state index in [9.17, 15) is 9.59 Å². The third-order valence-corrected chi connectivity index (χ3v) is 5.14. The molecule has 30 heavy (non-hydrogen) atoms. The van der Waals surface area contributed by atoms with E-state index in [1.165, 1.54) is 0 Å². The first-order valence-corrected chi connectivity index (χ1v) is 10.1. The van der Waals surface area contributed by atoms with Crippen LogP contribution in [0.15, 0.2) is 42.7 Å². The Morgan fingerprint density at radius 1 is 1.30 bits per heavy atom. The number of fused-ring (bicyclic) bond motifs is 1. The van der Waals surface area contributed by atoms with Crippen molar-refractivity contribution in [3.05, 3.63) is 42.7 Å². The lowest BCUT2D eigenvalue weighted by atomic mass is 10.1. The van der Waals surface area contributed by atoms with Gasteiger partial charge in [0, 0.05) is 24.4 Å². The molecule has 8 nitrogen and oxygen atoms in total. The van der Waals surface area contributed by atoms with E-state index in [4.69, 9.17) is 4.74 Å². The van der Waals surface area contributed by atoms with E-state index in [1.807, 2.05) is 55.8 Å². The summed E-state index contributed by atoms with van der Waals surface area (Å²) in [7, 11) is 0. The predicted molar refractivity (Wildman–Crippen MR) is 115 cm³/mol. The van der Waals surface area contributed by atoms with Crippen LogP contribution in [0.4, 0.5) is 11.4 Å². The summed E-state index contributed by atoms with van der Waals surface area (Å²) in [6, 6.07) is 9.45. The van der Waals surface area contributed by atoms with Crippen molar-refractivity contribution in [2.75, 3.05) is 23.4 Å². The number of pyridine rings is 1. The Morgan fingerprint density at radius 2 is 2.10 bits per heavy atom. The highest BCUT2D eigenvalue weighted by Gasteiger charge is 2.36. The van der Waals surface area contributed by atoms with Crippen LogP contribution in [0.5, 0.6) is 5.75 Å². The fourth-order valence-electron chi connectivity index (χ4n) is 3.70. The molecular weight excluding hydrogens is 382 g/mol. The lowest BCUT2D eigenvalue weighted by Crippen LogP contribution is -2.28. The molecule has 1 aliphatic heterocycles. The first-order valence-electron chi connectivity index (χ1n) is 10.1. The molecule has 0 saturated carbocycles. The minimum Gasteiger partial charge on any atom is -0.492 e. The highest BCUT2D eigenvalue weighted by atomic mass is 16.5. The number of nitrogens with zero attached hydrogens (tertiary/aromatic N) is 4. The molecule has 0 spiro atoms. The summed E-state index contributed by atoms with van der Waals surface area (Å²) in [6.07, 6.45) is 3.52. The zero-order valence-corrected chi connectivity index (χ0v) is 17.3.